The highest BCUT2D eigenvalue weighted by Gasteiger charge is 2.54. The number of carbonyl (C=O) groups excluding carboxylic acids is 1. The SMILES string of the molecule is CC(=O)SC(C)(C)C(P(=O)(O)O)P(=O)(O)O. The van der Waals surface area contributed by atoms with Gasteiger partial charge in [-0.1, -0.05) is 11.8 Å². The van der Waals surface area contributed by atoms with E-state index in [2.05, 4.69) is 0 Å². The molecule has 0 amide bonds. The van der Waals surface area contributed by atoms with E-state index in [9.17, 15) is 13.9 Å². The van der Waals surface area contributed by atoms with Gasteiger partial charge < -0.3 is 19.6 Å². The topological polar surface area (TPSA) is 132 Å². The average Bonchev–Trinajstić information content (AvgIpc) is 1.70. The Labute approximate surface area is 97.0 Å². The molecule has 0 bridgehead atoms. The molecule has 0 atom stereocenters. The summed E-state index contributed by atoms with van der Waals surface area (Å²) in [6.07, 6.45) is 0. The van der Waals surface area contributed by atoms with Crippen LogP contribution in [0.15, 0.2) is 0 Å². The highest BCUT2D eigenvalue weighted by molar-refractivity contribution is 8.15. The van der Waals surface area contributed by atoms with E-state index in [4.69, 9.17) is 19.6 Å². The lowest BCUT2D eigenvalue weighted by Crippen LogP contribution is -2.33. The number of rotatable bonds is 4. The van der Waals surface area contributed by atoms with Crippen molar-refractivity contribution in [2.45, 2.75) is 30.9 Å². The van der Waals surface area contributed by atoms with Crippen LogP contribution in [0.25, 0.3) is 0 Å². The zero-order valence-corrected chi connectivity index (χ0v) is 11.5. The van der Waals surface area contributed by atoms with E-state index >= 15 is 0 Å². The maximum Gasteiger partial charge on any atom is 0.342 e. The van der Waals surface area contributed by atoms with E-state index in [-0.39, 0.29) is 0 Å². The van der Waals surface area contributed by atoms with Crippen LogP contribution in [0, 0.1) is 0 Å². The minimum absolute atomic E-state index is 0.475. The van der Waals surface area contributed by atoms with Gasteiger partial charge in [0.25, 0.3) is 0 Å². The molecule has 10 heteroatoms. The van der Waals surface area contributed by atoms with Crippen LogP contribution in [-0.2, 0) is 13.9 Å². The maximum atomic E-state index is 11.1. The fourth-order valence-corrected chi connectivity index (χ4v) is 6.60. The van der Waals surface area contributed by atoms with Gasteiger partial charge in [-0.3, -0.25) is 13.9 Å². The van der Waals surface area contributed by atoms with Crippen molar-refractivity contribution < 1.29 is 33.5 Å². The minimum atomic E-state index is -5.01. The molecule has 0 aliphatic carbocycles. The minimum Gasteiger partial charge on any atom is -0.324 e. The zero-order chi connectivity index (χ0) is 13.4. The van der Waals surface area contributed by atoms with Gasteiger partial charge in [-0.2, -0.15) is 0 Å². The van der Waals surface area contributed by atoms with Crippen LogP contribution in [0.5, 0.6) is 0 Å². The van der Waals surface area contributed by atoms with Crippen molar-refractivity contribution in [1.82, 2.24) is 0 Å². The lowest BCUT2D eigenvalue weighted by atomic mass is 10.2. The summed E-state index contributed by atoms with van der Waals surface area (Å²) in [7, 11) is -10.0. The zero-order valence-electron chi connectivity index (χ0n) is 8.89. The number of thioether (sulfide) groups is 1. The van der Waals surface area contributed by atoms with Crippen LogP contribution in [0.4, 0.5) is 0 Å². The van der Waals surface area contributed by atoms with Gasteiger partial charge in [-0.05, 0) is 13.8 Å². The van der Waals surface area contributed by atoms with Crippen molar-refractivity contribution in [2.75, 3.05) is 0 Å². The smallest absolute Gasteiger partial charge is 0.324 e. The van der Waals surface area contributed by atoms with Crippen LogP contribution >= 0.6 is 27.0 Å². The van der Waals surface area contributed by atoms with E-state index < -0.39 is 30.5 Å². The second-order valence-electron chi connectivity index (χ2n) is 3.75. The molecule has 0 aromatic carbocycles. The van der Waals surface area contributed by atoms with Gasteiger partial charge in [0.05, 0.1) is 0 Å². The standard InChI is InChI=1S/C6H14O7P2S/c1-4(7)16-6(2,3)5(14(8,9)10)15(11,12)13/h5H,1-3H3,(H2,8,9,10)(H2,11,12,13). The van der Waals surface area contributed by atoms with Gasteiger partial charge in [0.1, 0.15) is 0 Å². The lowest BCUT2D eigenvalue weighted by molar-refractivity contribution is -0.109. The van der Waals surface area contributed by atoms with E-state index in [0.29, 0.717) is 11.8 Å². The Kier molecular flexibility index (Phi) is 5.00. The molecule has 0 heterocycles. The maximum absolute atomic E-state index is 11.1. The average molecular weight is 292 g/mol. The molecule has 0 unspecified atom stereocenters. The van der Waals surface area contributed by atoms with Crippen molar-refractivity contribution in [1.29, 1.82) is 0 Å². The van der Waals surface area contributed by atoms with E-state index in [1.165, 1.54) is 13.8 Å². The summed E-state index contributed by atoms with van der Waals surface area (Å²) in [6.45, 7) is 3.58. The first kappa shape index (κ1) is 16.3. The summed E-state index contributed by atoms with van der Waals surface area (Å²) in [5.41, 5.74) is 0. The van der Waals surface area contributed by atoms with Crippen molar-refractivity contribution in [3.05, 3.63) is 0 Å². The lowest BCUT2D eigenvalue weighted by Gasteiger charge is -2.33. The molecule has 4 N–H and O–H groups in total. The summed E-state index contributed by atoms with van der Waals surface area (Å²) < 4.78 is 20.6. The Hall–Kier alpha value is 0.320. The molecule has 0 rings (SSSR count). The highest BCUT2D eigenvalue weighted by Crippen LogP contribution is 2.66. The molecule has 0 radical (unpaired) electrons. The monoisotopic (exact) mass is 292 g/mol. The molecule has 0 aliphatic rings. The van der Waals surface area contributed by atoms with Crippen molar-refractivity contribution >= 4 is 32.1 Å². The Balaban J connectivity index is 5.46. The molecular formula is C6H14O7P2S. The highest BCUT2D eigenvalue weighted by atomic mass is 32.2. The third kappa shape index (κ3) is 4.67. The molecule has 96 valence electrons. The van der Waals surface area contributed by atoms with Gasteiger partial charge >= 0.3 is 15.2 Å². The quantitative estimate of drug-likeness (QED) is 0.557. The molecule has 0 aromatic rings. The summed E-state index contributed by atoms with van der Waals surface area (Å²) in [5, 5.41) is -2.67. The summed E-state index contributed by atoms with van der Waals surface area (Å²) >= 11 is 0.495. The second kappa shape index (κ2) is 4.90. The first-order valence-corrected chi connectivity index (χ1v) is 8.26. The van der Waals surface area contributed by atoms with Gasteiger partial charge in [-0.25, -0.2) is 0 Å². The van der Waals surface area contributed by atoms with E-state index in [1.807, 2.05) is 0 Å². The number of hydrogen-bond donors (Lipinski definition) is 4. The van der Waals surface area contributed by atoms with Gasteiger partial charge in [0.2, 0.25) is 0 Å². The van der Waals surface area contributed by atoms with E-state index in [1.54, 1.807) is 0 Å². The fourth-order valence-electron chi connectivity index (χ4n) is 1.43. The van der Waals surface area contributed by atoms with Crippen LogP contribution in [0.3, 0.4) is 0 Å². The molecule has 0 saturated carbocycles. The molecule has 0 fully saturated rings. The summed E-state index contributed by atoms with van der Waals surface area (Å²) in [6, 6.07) is 0. The molecular weight excluding hydrogens is 278 g/mol. The van der Waals surface area contributed by atoms with Gasteiger partial charge in [0, 0.05) is 11.7 Å². The first-order valence-electron chi connectivity index (χ1n) is 4.08. The van der Waals surface area contributed by atoms with Crippen LogP contribution in [-0.4, -0.2) is 34.8 Å². The van der Waals surface area contributed by atoms with Crippen molar-refractivity contribution in [3.63, 3.8) is 0 Å². The fraction of sp³-hybridized carbons (Fsp3) is 0.833. The van der Waals surface area contributed by atoms with Gasteiger partial charge in [-0.15, -0.1) is 0 Å². The Morgan fingerprint density at radius 1 is 1.12 bits per heavy atom. The van der Waals surface area contributed by atoms with Gasteiger partial charge in [0.15, 0.2) is 10.5 Å². The Morgan fingerprint density at radius 3 is 1.62 bits per heavy atom. The molecule has 0 saturated heterocycles. The first-order chi connectivity index (χ1) is 6.78. The third-order valence-corrected chi connectivity index (χ3v) is 7.43. The molecule has 0 aromatic heterocycles. The molecule has 7 nitrogen and oxygen atoms in total. The van der Waals surface area contributed by atoms with Crippen molar-refractivity contribution in [2.24, 2.45) is 0 Å². The largest absolute Gasteiger partial charge is 0.342 e. The van der Waals surface area contributed by atoms with Crippen LogP contribution in [0.1, 0.15) is 20.8 Å². The summed E-state index contributed by atoms with van der Waals surface area (Å²) in [4.78, 5) is 46.7. The number of carbonyl (C=O) groups is 1. The second-order valence-corrected chi connectivity index (χ2v) is 9.38. The van der Waals surface area contributed by atoms with Crippen LogP contribution in [0.2, 0.25) is 0 Å². The third-order valence-electron chi connectivity index (χ3n) is 1.67. The Morgan fingerprint density at radius 2 is 1.44 bits per heavy atom. The predicted molar refractivity (Wildman–Crippen MR) is 60.2 cm³/mol. The van der Waals surface area contributed by atoms with E-state index in [0.717, 1.165) is 6.92 Å². The predicted octanol–water partition coefficient (Wildman–Crippen LogP) is 0.726. The summed E-state index contributed by atoms with van der Waals surface area (Å²) in [5.74, 6) is 0. The number of hydrogen-bond acceptors (Lipinski definition) is 4. The molecule has 16 heavy (non-hydrogen) atoms. The molecule has 0 spiro atoms. The Bertz CT molecular complexity index is 345. The normalized spacial score (nSPS) is 14.2. The molecule has 0 aliphatic heterocycles. The van der Waals surface area contributed by atoms with Crippen molar-refractivity contribution in [3.8, 4) is 0 Å². The van der Waals surface area contributed by atoms with Crippen LogP contribution < -0.4 is 0 Å².